The van der Waals surface area contributed by atoms with Crippen LogP contribution in [0.3, 0.4) is 0 Å². The van der Waals surface area contributed by atoms with E-state index in [1.807, 2.05) is 18.2 Å². The van der Waals surface area contributed by atoms with Gasteiger partial charge >= 0.3 is 6.09 Å². The van der Waals surface area contributed by atoms with Gasteiger partial charge < -0.3 is 10.1 Å². The third-order valence-corrected chi connectivity index (χ3v) is 4.65. The number of benzene rings is 2. The molecule has 1 fully saturated rings. The zero-order valence-electron chi connectivity index (χ0n) is 15.9. The summed E-state index contributed by atoms with van der Waals surface area (Å²) in [7, 11) is 0. The molecule has 0 bridgehead atoms. The van der Waals surface area contributed by atoms with E-state index in [1.54, 1.807) is 26.8 Å². The monoisotopic (exact) mass is 404 g/mol. The second-order valence-electron chi connectivity index (χ2n) is 7.78. The van der Waals surface area contributed by atoms with Crippen molar-refractivity contribution in [2.75, 3.05) is 10.6 Å². The van der Waals surface area contributed by atoms with Gasteiger partial charge in [0.05, 0.1) is 5.69 Å². The van der Waals surface area contributed by atoms with Crippen molar-refractivity contribution < 1.29 is 18.7 Å². The zero-order valence-corrected chi connectivity index (χ0v) is 16.6. The Kier molecular flexibility index (Phi) is 5.61. The number of hydrogen-bond acceptors (Lipinski definition) is 3. The highest BCUT2D eigenvalue weighted by Gasteiger charge is 2.44. The standard InChI is InChI=1S/C21H22ClFN2O3/c1-21(2,3)28-20(27)25-18-10-12(8-9-17(18)23)24-19(26)15-11-14(15)13-6-4-5-7-16(13)22/h4-10,14-15H,11H2,1-3H3,(H,24,26)(H,25,27). The molecule has 0 aliphatic heterocycles. The first-order chi connectivity index (χ1) is 13.1. The van der Waals surface area contributed by atoms with Crippen LogP contribution in [0.5, 0.6) is 0 Å². The van der Waals surface area contributed by atoms with Crippen LogP contribution in [0.2, 0.25) is 5.02 Å². The first-order valence-electron chi connectivity index (χ1n) is 8.99. The molecule has 2 aromatic rings. The number of amides is 2. The quantitative estimate of drug-likeness (QED) is 0.700. The van der Waals surface area contributed by atoms with Crippen LogP contribution < -0.4 is 10.6 Å². The molecule has 0 spiro atoms. The molecule has 0 aromatic heterocycles. The van der Waals surface area contributed by atoms with E-state index in [0.29, 0.717) is 17.1 Å². The van der Waals surface area contributed by atoms with Crippen LogP contribution in [0.1, 0.15) is 38.7 Å². The van der Waals surface area contributed by atoms with E-state index in [2.05, 4.69) is 10.6 Å². The van der Waals surface area contributed by atoms with Crippen molar-refractivity contribution in [3.05, 3.63) is 58.9 Å². The summed E-state index contributed by atoms with van der Waals surface area (Å²) in [6.45, 7) is 5.14. The summed E-state index contributed by atoms with van der Waals surface area (Å²) in [4.78, 5) is 24.4. The number of rotatable bonds is 4. The molecule has 2 atom stereocenters. The third kappa shape index (κ3) is 5.01. The number of carbonyl (C=O) groups excluding carboxylic acids is 2. The maximum atomic E-state index is 14.0. The van der Waals surface area contributed by atoms with Crippen LogP contribution in [-0.4, -0.2) is 17.6 Å². The van der Waals surface area contributed by atoms with Gasteiger partial charge in [-0.05, 0) is 62.9 Å². The maximum absolute atomic E-state index is 14.0. The van der Waals surface area contributed by atoms with Crippen LogP contribution >= 0.6 is 11.6 Å². The van der Waals surface area contributed by atoms with Crippen LogP contribution in [0.4, 0.5) is 20.6 Å². The topological polar surface area (TPSA) is 67.4 Å². The first kappa shape index (κ1) is 20.1. The Balaban J connectivity index is 1.64. The fourth-order valence-electron chi connectivity index (χ4n) is 2.95. The number of hydrogen-bond donors (Lipinski definition) is 2. The van der Waals surface area contributed by atoms with E-state index < -0.39 is 17.5 Å². The SMILES string of the molecule is CC(C)(C)OC(=O)Nc1cc(NC(=O)C2CC2c2ccccc2Cl)ccc1F. The number of carbonyl (C=O) groups is 2. The Labute approximate surface area is 168 Å². The number of ether oxygens (including phenoxy) is 1. The zero-order chi connectivity index (χ0) is 20.5. The molecule has 2 amide bonds. The molecule has 28 heavy (non-hydrogen) atoms. The lowest BCUT2D eigenvalue weighted by Crippen LogP contribution is -2.27. The highest BCUT2D eigenvalue weighted by Crippen LogP contribution is 2.50. The molecule has 2 N–H and O–H groups in total. The van der Waals surface area contributed by atoms with Gasteiger partial charge in [-0.25, -0.2) is 9.18 Å². The summed E-state index contributed by atoms with van der Waals surface area (Å²) in [5.74, 6) is -0.898. The summed E-state index contributed by atoms with van der Waals surface area (Å²) in [6.07, 6.45) is -0.0596. The third-order valence-electron chi connectivity index (χ3n) is 4.30. The smallest absolute Gasteiger partial charge is 0.412 e. The largest absolute Gasteiger partial charge is 0.444 e. The van der Waals surface area contributed by atoms with E-state index in [4.69, 9.17) is 16.3 Å². The minimum atomic E-state index is -0.768. The second-order valence-corrected chi connectivity index (χ2v) is 8.19. The van der Waals surface area contributed by atoms with Crippen molar-refractivity contribution in [2.24, 2.45) is 5.92 Å². The summed E-state index contributed by atoms with van der Waals surface area (Å²) < 4.78 is 19.1. The highest BCUT2D eigenvalue weighted by atomic mass is 35.5. The van der Waals surface area contributed by atoms with Crippen LogP contribution in [0, 0.1) is 11.7 Å². The molecule has 7 heteroatoms. The lowest BCUT2D eigenvalue weighted by Gasteiger charge is -2.20. The molecule has 5 nitrogen and oxygen atoms in total. The molecular weight excluding hydrogens is 383 g/mol. The van der Waals surface area contributed by atoms with Crippen molar-refractivity contribution in [2.45, 2.75) is 38.7 Å². The molecule has 0 heterocycles. The minimum Gasteiger partial charge on any atom is -0.444 e. The van der Waals surface area contributed by atoms with Crippen LogP contribution in [-0.2, 0) is 9.53 Å². The normalized spacial score (nSPS) is 18.3. The molecule has 0 radical (unpaired) electrons. The Bertz CT molecular complexity index is 911. The fourth-order valence-corrected chi connectivity index (χ4v) is 3.23. The molecular formula is C21H22ClFN2O3. The average Bonchev–Trinajstić information content (AvgIpc) is 3.37. The highest BCUT2D eigenvalue weighted by molar-refractivity contribution is 6.31. The van der Waals surface area contributed by atoms with Gasteiger partial charge in [0.25, 0.3) is 0 Å². The van der Waals surface area contributed by atoms with Crippen molar-refractivity contribution >= 4 is 35.0 Å². The Morgan fingerprint density at radius 2 is 1.86 bits per heavy atom. The maximum Gasteiger partial charge on any atom is 0.412 e. The summed E-state index contributed by atoms with van der Waals surface area (Å²) in [5, 5.41) is 5.78. The lowest BCUT2D eigenvalue weighted by molar-refractivity contribution is -0.117. The Morgan fingerprint density at radius 1 is 1.14 bits per heavy atom. The van der Waals surface area contributed by atoms with Gasteiger partial charge in [0, 0.05) is 16.6 Å². The number of nitrogens with one attached hydrogen (secondary N) is 2. The average molecular weight is 405 g/mol. The first-order valence-corrected chi connectivity index (χ1v) is 9.36. The van der Waals surface area contributed by atoms with Gasteiger partial charge in [0.1, 0.15) is 11.4 Å². The van der Waals surface area contributed by atoms with E-state index in [-0.39, 0.29) is 23.4 Å². The predicted octanol–water partition coefficient (Wildman–Crippen LogP) is 5.57. The molecule has 2 unspecified atom stereocenters. The molecule has 1 aliphatic rings. The molecule has 3 rings (SSSR count). The number of halogens is 2. The van der Waals surface area contributed by atoms with Gasteiger partial charge in [0.15, 0.2) is 0 Å². The second kappa shape index (κ2) is 7.80. The van der Waals surface area contributed by atoms with Gasteiger partial charge in [-0.3, -0.25) is 10.1 Å². The predicted molar refractivity (Wildman–Crippen MR) is 107 cm³/mol. The fraction of sp³-hybridized carbons (Fsp3) is 0.333. The minimum absolute atomic E-state index is 0.0644. The van der Waals surface area contributed by atoms with E-state index >= 15 is 0 Å². The van der Waals surface area contributed by atoms with Gasteiger partial charge in [-0.2, -0.15) is 0 Å². The van der Waals surface area contributed by atoms with Gasteiger partial charge in [-0.15, -0.1) is 0 Å². The van der Waals surface area contributed by atoms with Crippen molar-refractivity contribution in [1.29, 1.82) is 0 Å². The summed E-state index contributed by atoms with van der Waals surface area (Å²) >= 11 is 6.20. The van der Waals surface area contributed by atoms with Crippen LogP contribution in [0.15, 0.2) is 42.5 Å². The van der Waals surface area contributed by atoms with Crippen LogP contribution in [0.25, 0.3) is 0 Å². The molecule has 0 saturated heterocycles. The van der Waals surface area contributed by atoms with Gasteiger partial charge in [-0.1, -0.05) is 29.8 Å². The molecule has 2 aromatic carbocycles. The van der Waals surface area contributed by atoms with Crippen molar-refractivity contribution in [3.63, 3.8) is 0 Å². The van der Waals surface area contributed by atoms with E-state index in [9.17, 15) is 14.0 Å². The van der Waals surface area contributed by atoms with Crippen molar-refractivity contribution in [3.8, 4) is 0 Å². The van der Waals surface area contributed by atoms with Gasteiger partial charge in [0.2, 0.25) is 5.91 Å². The van der Waals surface area contributed by atoms with Crippen molar-refractivity contribution in [1.82, 2.24) is 0 Å². The Morgan fingerprint density at radius 3 is 2.54 bits per heavy atom. The molecule has 1 aliphatic carbocycles. The Hall–Kier alpha value is -2.60. The van der Waals surface area contributed by atoms with E-state index in [1.165, 1.54) is 18.2 Å². The molecule has 1 saturated carbocycles. The number of anilines is 2. The molecule has 148 valence electrons. The summed E-state index contributed by atoms with van der Waals surface area (Å²) in [5.41, 5.74) is 0.579. The van der Waals surface area contributed by atoms with E-state index in [0.717, 1.165) is 5.56 Å². The summed E-state index contributed by atoms with van der Waals surface area (Å²) in [6, 6.07) is 11.5. The lowest BCUT2D eigenvalue weighted by atomic mass is 10.1.